The lowest BCUT2D eigenvalue weighted by molar-refractivity contribution is -0.152. The molecule has 8 heteroatoms. The molecule has 2 heterocycles. The number of carboxylic acids is 1. The van der Waals surface area contributed by atoms with Crippen LogP contribution in [-0.2, 0) is 20.9 Å². The van der Waals surface area contributed by atoms with Crippen LogP contribution in [0.3, 0.4) is 0 Å². The molecule has 2 rings (SSSR count). The number of aliphatic carboxylic acids is 1. The Labute approximate surface area is 103 Å². The predicted molar refractivity (Wildman–Crippen MR) is 58.6 cm³/mol. The number of carboxylic acid groups (broad SMARTS) is 1. The molecule has 0 aromatic carbocycles. The van der Waals surface area contributed by atoms with Gasteiger partial charge in [0.15, 0.2) is 0 Å². The first-order valence-electron chi connectivity index (χ1n) is 5.59. The van der Waals surface area contributed by atoms with Crippen LogP contribution >= 0.6 is 0 Å². The molecular weight excluding hydrogens is 240 g/mol. The molecule has 0 radical (unpaired) electrons. The van der Waals surface area contributed by atoms with E-state index in [0.717, 1.165) is 0 Å². The van der Waals surface area contributed by atoms with E-state index in [2.05, 4.69) is 15.6 Å². The average molecular weight is 254 g/mol. The summed E-state index contributed by atoms with van der Waals surface area (Å²) in [7, 11) is 0. The van der Waals surface area contributed by atoms with E-state index >= 15 is 0 Å². The molecule has 1 aromatic heterocycles. The summed E-state index contributed by atoms with van der Waals surface area (Å²) in [5.74, 6) is -1.43. The number of rotatable bonds is 4. The SMILES string of the molecule is O=C(Cn1ccnn1)NC1(C(=O)O)CCOCC1. The van der Waals surface area contributed by atoms with Crippen LogP contribution in [0.2, 0.25) is 0 Å². The van der Waals surface area contributed by atoms with Gasteiger partial charge in [0.1, 0.15) is 12.1 Å². The van der Waals surface area contributed by atoms with E-state index in [1.54, 1.807) is 0 Å². The Morgan fingerprint density at radius 1 is 1.44 bits per heavy atom. The summed E-state index contributed by atoms with van der Waals surface area (Å²) in [6.45, 7) is 0.613. The highest BCUT2D eigenvalue weighted by atomic mass is 16.5. The maximum absolute atomic E-state index is 11.8. The molecule has 1 aliphatic heterocycles. The summed E-state index contributed by atoms with van der Waals surface area (Å²) in [6, 6.07) is 0. The van der Waals surface area contributed by atoms with Crippen LogP contribution in [0.1, 0.15) is 12.8 Å². The zero-order valence-corrected chi connectivity index (χ0v) is 9.70. The molecule has 8 nitrogen and oxygen atoms in total. The Bertz CT molecular complexity index is 425. The van der Waals surface area contributed by atoms with E-state index in [-0.39, 0.29) is 19.4 Å². The maximum atomic E-state index is 11.8. The smallest absolute Gasteiger partial charge is 0.329 e. The molecule has 0 saturated carbocycles. The summed E-state index contributed by atoms with van der Waals surface area (Å²) >= 11 is 0. The normalized spacial score (nSPS) is 18.2. The van der Waals surface area contributed by atoms with Gasteiger partial charge in [-0.05, 0) is 0 Å². The maximum Gasteiger partial charge on any atom is 0.329 e. The van der Waals surface area contributed by atoms with Gasteiger partial charge >= 0.3 is 5.97 Å². The lowest BCUT2D eigenvalue weighted by Crippen LogP contribution is -2.58. The fourth-order valence-electron chi connectivity index (χ4n) is 1.88. The molecule has 1 amide bonds. The average Bonchev–Trinajstić information content (AvgIpc) is 2.82. The van der Waals surface area contributed by atoms with E-state index in [4.69, 9.17) is 4.74 Å². The molecule has 18 heavy (non-hydrogen) atoms. The molecule has 1 saturated heterocycles. The molecule has 0 aliphatic carbocycles. The molecule has 1 aliphatic rings. The van der Waals surface area contributed by atoms with Crippen molar-refractivity contribution in [3.05, 3.63) is 12.4 Å². The van der Waals surface area contributed by atoms with Gasteiger partial charge in [-0.1, -0.05) is 5.21 Å². The largest absolute Gasteiger partial charge is 0.480 e. The first-order chi connectivity index (χ1) is 8.62. The number of nitrogens with one attached hydrogen (secondary N) is 1. The van der Waals surface area contributed by atoms with Crippen LogP contribution in [0.25, 0.3) is 0 Å². The summed E-state index contributed by atoms with van der Waals surface area (Å²) in [6.07, 6.45) is 3.53. The van der Waals surface area contributed by atoms with Gasteiger partial charge in [-0.15, -0.1) is 5.10 Å². The first-order valence-corrected chi connectivity index (χ1v) is 5.59. The third-order valence-electron chi connectivity index (χ3n) is 2.91. The van der Waals surface area contributed by atoms with Crippen molar-refractivity contribution in [2.45, 2.75) is 24.9 Å². The number of carbonyl (C=O) groups excluding carboxylic acids is 1. The minimum atomic E-state index is -1.23. The van der Waals surface area contributed by atoms with Crippen molar-refractivity contribution in [2.24, 2.45) is 0 Å². The van der Waals surface area contributed by atoms with E-state index in [1.165, 1.54) is 17.1 Å². The third kappa shape index (κ3) is 2.65. The summed E-state index contributed by atoms with van der Waals surface area (Å²) in [4.78, 5) is 23.1. The summed E-state index contributed by atoms with van der Waals surface area (Å²) < 4.78 is 6.46. The number of hydrogen-bond acceptors (Lipinski definition) is 5. The Morgan fingerprint density at radius 2 is 2.17 bits per heavy atom. The van der Waals surface area contributed by atoms with Gasteiger partial charge in [0, 0.05) is 32.3 Å². The van der Waals surface area contributed by atoms with Crippen LogP contribution in [0.15, 0.2) is 12.4 Å². The van der Waals surface area contributed by atoms with Crippen LogP contribution in [0.4, 0.5) is 0 Å². The van der Waals surface area contributed by atoms with Gasteiger partial charge in [-0.3, -0.25) is 4.79 Å². The second-order valence-electron chi connectivity index (χ2n) is 4.15. The highest BCUT2D eigenvalue weighted by Crippen LogP contribution is 2.21. The Kier molecular flexibility index (Phi) is 3.56. The van der Waals surface area contributed by atoms with Gasteiger partial charge in [-0.25, -0.2) is 9.48 Å². The van der Waals surface area contributed by atoms with Crippen molar-refractivity contribution >= 4 is 11.9 Å². The fourth-order valence-corrected chi connectivity index (χ4v) is 1.88. The van der Waals surface area contributed by atoms with Crippen molar-refractivity contribution < 1.29 is 19.4 Å². The van der Waals surface area contributed by atoms with Crippen LogP contribution in [0.5, 0.6) is 0 Å². The quantitative estimate of drug-likeness (QED) is 0.716. The molecule has 98 valence electrons. The zero-order valence-electron chi connectivity index (χ0n) is 9.70. The summed E-state index contributed by atoms with van der Waals surface area (Å²) in [5.41, 5.74) is -1.23. The van der Waals surface area contributed by atoms with Crippen molar-refractivity contribution in [3.63, 3.8) is 0 Å². The lowest BCUT2D eigenvalue weighted by atomic mass is 9.90. The molecule has 1 aromatic rings. The van der Waals surface area contributed by atoms with Crippen molar-refractivity contribution in [1.29, 1.82) is 0 Å². The topological polar surface area (TPSA) is 106 Å². The highest BCUT2D eigenvalue weighted by Gasteiger charge is 2.41. The second-order valence-corrected chi connectivity index (χ2v) is 4.15. The minimum Gasteiger partial charge on any atom is -0.480 e. The molecule has 0 unspecified atom stereocenters. The molecule has 0 bridgehead atoms. The number of hydrogen-bond donors (Lipinski definition) is 2. The molecule has 0 atom stereocenters. The standard InChI is InChI=1S/C10H14N4O4/c15-8(7-14-4-3-11-13-14)12-10(9(16)17)1-5-18-6-2-10/h3-4H,1-2,5-7H2,(H,12,15)(H,16,17). The fraction of sp³-hybridized carbons (Fsp3) is 0.600. The minimum absolute atomic E-state index is 0.0457. The van der Waals surface area contributed by atoms with Crippen molar-refractivity contribution in [1.82, 2.24) is 20.3 Å². The number of nitrogens with zero attached hydrogens (tertiary/aromatic N) is 3. The Balaban J connectivity index is 2.00. The molecular formula is C10H14N4O4. The highest BCUT2D eigenvalue weighted by molar-refractivity contribution is 5.87. The van der Waals surface area contributed by atoms with E-state index in [9.17, 15) is 14.7 Å². The van der Waals surface area contributed by atoms with E-state index in [1.807, 2.05) is 0 Å². The predicted octanol–water partition coefficient (Wildman–Crippen LogP) is -0.972. The monoisotopic (exact) mass is 254 g/mol. The van der Waals surface area contributed by atoms with Crippen LogP contribution in [0, 0.1) is 0 Å². The van der Waals surface area contributed by atoms with Crippen LogP contribution in [-0.4, -0.2) is 50.7 Å². The second kappa shape index (κ2) is 5.13. The number of ether oxygens (including phenoxy) is 1. The Morgan fingerprint density at radius 3 is 2.72 bits per heavy atom. The lowest BCUT2D eigenvalue weighted by Gasteiger charge is -2.33. The van der Waals surface area contributed by atoms with Gasteiger partial charge in [-0.2, -0.15) is 0 Å². The zero-order chi connectivity index (χ0) is 13.0. The molecule has 1 fully saturated rings. The molecule has 0 spiro atoms. The van der Waals surface area contributed by atoms with Gasteiger partial charge in [0.05, 0.1) is 6.20 Å². The number of amides is 1. The number of aromatic nitrogens is 3. The van der Waals surface area contributed by atoms with Crippen molar-refractivity contribution in [2.75, 3.05) is 13.2 Å². The summed E-state index contributed by atoms with van der Waals surface area (Å²) in [5, 5.41) is 19.0. The van der Waals surface area contributed by atoms with Gasteiger partial charge in [0.25, 0.3) is 0 Å². The number of carbonyl (C=O) groups is 2. The Hall–Kier alpha value is -1.96. The van der Waals surface area contributed by atoms with E-state index < -0.39 is 17.4 Å². The van der Waals surface area contributed by atoms with Crippen molar-refractivity contribution in [3.8, 4) is 0 Å². The van der Waals surface area contributed by atoms with Crippen LogP contribution < -0.4 is 5.32 Å². The van der Waals surface area contributed by atoms with E-state index in [0.29, 0.717) is 13.2 Å². The van der Waals surface area contributed by atoms with Gasteiger partial charge < -0.3 is 15.2 Å². The van der Waals surface area contributed by atoms with Gasteiger partial charge in [0.2, 0.25) is 5.91 Å². The third-order valence-corrected chi connectivity index (χ3v) is 2.91. The first kappa shape index (κ1) is 12.5. The molecule has 2 N–H and O–H groups in total.